The van der Waals surface area contributed by atoms with Crippen molar-refractivity contribution in [3.8, 4) is 5.75 Å². The topological polar surface area (TPSA) is 32.3 Å². The summed E-state index contributed by atoms with van der Waals surface area (Å²) in [5.74, 6) is 0.287. The number of hydrogen-bond donors (Lipinski definition) is 2. The molecule has 0 heterocycles. The number of hydrogen-bond acceptors (Lipinski definition) is 2. The van der Waals surface area contributed by atoms with Crippen LogP contribution in [0.5, 0.6) is 5.75 Å². The molecule has 2 N–H and O–H groups in total. The molecule has 1 atom stereocenters. The van der Waals surface area contributed by atoms with Gasteiger partial charge in [-0.1, -0.05) is 37.2 Å². The summed E-state index contributed by atoms with van der Waals surface area (Å²) in [6.07, 6.45) is 0.967. The fraction of sp³-hybridized carbons (Fsp3) is 0.333. The van der Waals surface area contributed by atoms with E-state index in [0.29, 0.717) is 11.6 Å². The molecule has 0 spiro atoms. The van der Waals surface area contributed by atoms with E-state index in [1.54, 1.807) is 12.1 Å². The summed E-state index contributed by atoms with van der Waals surface area (Å²) in [5.41, 5.74) is 1.15. The van der Waals surface area contributed by atoms with E-state index in [0.717, 1.165) is 12.0 Å². The van der Waals surface area contributed by atoms with Gasteiger partial charge in [0.25, 0.3) is 0 Å². The van der Waals surface area contributed by atoms with Crippen molar-refractivity contribution in [2.75, 3.05) is 6.54 Å². The zero-order chi connectivity index (χ0) is 11.3. The number of nitrogens with one attached hydrogen (secondary N) is 1. The van der Waals surface area contributed by atoms with Gasteiger partial charge in [0.05, 0.1) is 0 Å². The van der Waals surface area contributed by atoms with Crippen LogP contribution in [0, 0.1) is 0 Å². The van der Waals surface area contributed by atoms with Gasteiger partial charge in [-0.25, -0.2) is 0 Å². The molecule has 0 bridgehead atoms. The van der Waals surface area contributed by atoms with E-state index in [-0.39, 0.29) is 11.8 Å². The second-order valence-electron chi connectivity index (χ2n) is 3.45. The maximum Gasteiger partial charge on any atom is 0.115 e. The maximum atomic E-state index is 9.17. The van der Waals surface area contributed by atoms with Crippen molar-refractivity contribution in [1.82, 2.24) is 5.32 Å². The van der Waals surface area contributed by atoms with E-state index in [1.807, 2.05) is 12.1 Å². The van der Waals surface area contributed by atoms with Crippen LogP contribution in [0.1, 0.15) is 24.9 Å². The van der Waals surface area contributed by atoms with Crippen LogP contribution in [0.2, 0.25) is 0 Å². The molecule has 0 aliphatic rings. The standard InChI is InChI=1S/C12H16ClNO/c1-3-12(14-8-9(2)13)10-4-6-11(15)7-5-10/h4-7,12,14-15H,2-3,8H2,1H3. The van der Waals surface area contributed by atoms with Crippen molar-refractivity contribution in [2.24, 2.45) is 0 Å². The maximum absolute atomic E-state index is 9.17. The molecule has 0 fully saturated rings. The molecular weight excluding hydrogens is 210 g/mol. The monoisotopic (exact) mass is 225 g/mol. The Hall–Kier alpha value is -0.990. The molecule has 82 valence electrons. The highest BCUT2D eigenvalue weighted by Gasteiger charge is 2.07. The number of benzene rings is 1. The minimum absolute atomic E-state index is 0.251. The predicted molar refractivity (Wildman–Crippen MR) is 64.1 cm³/mol. The smallest absolute Gasteiger partial charge is 0.115 e. The number of halogens is 1. The second-order valence-corrected chi connectivity index (χ2v) is 3.99. The van der Waals surface area contributed by atoms with E-state index >= 15 is 0 Å². The molecule has 1 aromatic rings. The van der Waals surface area contributed by atoms with Crippen LogP contribution in [0.4, 0.5) is 0 Å². The Bertz CT molecular complexity index is 321. The highest BCUT2D eigenvalue weighted by Crippen LogP contribution is 2.19. The van der Waals surface area contributed by atoms with Crippen LogP contribution in [0.25, 0.3) is 0 Å². The summed E-state index contributed by atoms with van der Waals surface area (Å²) in [5, 5.41) is 13.1. The zero-order valence-corrected chi connectivity index (χ0v) is 9.59. The van der Waals surface area contributed by atoms with Gasteiger partial charge in [-0.05, 0) is 24.1 Å². The summed E-state index contributed by atoms with van der Waals surface area (Å²) in [6.45, 7) is 6.33. The fourth-order valence-corrected chi connectivity index (χ4v) is 1.52. The van der Waals surface area contributed by atoms with Crippen molar-refractivity contribution in [3.63, 3.8) is 0 Å². The Morgan fingerprint density at radius 3 is 2.53 bits per heavy atom. The van der Waals surface area contributed by atoms with Crippen molar-refractivity contribution >= 4 is 11.6 Å². The van der Waals surface area contributed by atoms with Crippen LogP contribution in [-0.2, 0) is 0 Å². The highest BCUT2D eigenvalue weighted by atomic mass is 35.5. The third-order valence-corrected chi connectivity index (χ3v) is 2.38. The van der Waals surface area contributed by atoms with Crippen molar-refractivity contribution < 1.29 is 5.11 Å². The summed E-state index contributed by atoms with van der Waals surface area (Å²) >= 11 is 5.69. The molecule has 1 aromatic carbocycles. The Morgan fingerprint density at radius 1 is 1.47 bits per heavy atom. The molecule has 0 aromatic heterocycles. The molecule has 1 unspecified atom stereocenters. The molecule has 15 heavy (non-hydrogen) atoms. The molecule has 0 aliphatic heterocycles. The summed E-state index contributed by atoms with van der Waals surface area (Å²) in [6, 6.07) is 7.45. The average Bonchev–Trinajstić information content (AvgIpc) is 2.21. The molecule has 0 amide bonds. The summed E-state index contributed by atoms with van der Waals surface area (Å²) < 4.78 is 0. The fourth-order valence-electron chi connectivity index (χ4n) is 1.44. The van der Waals surface area contributed by atoms with Crippen LogP contribution < -0.4 is 5.32 Å². The quantitative estimate of drug-likeness (QED) is 0.807. The first kappa shape index (κ1) is 12.1. The lowest BCUT2D eigenvalue weighted by Crippen LogP contribution is -2.21. The summed E-state index contributed by atoms with van der Waals surface area (Å²) in [7, 11) is 0. The van der Waals surface area contributed by atoms with Gasteiger partial charge in [-0.15, -0.1) is 0 Å². The van der Waals surface area contributed by atoms with Gasteiger partial charge in [-0.2, -0.15) is 0 Å². The normalized spacial score (nSPS) is 12.4. The van der Waals surface area contributed by atoms with Crippen molar-refractivity contribution in [3.05, 3.63) is 41.4 Å². The molecule has 0 saturated heterocycles. The minimum atomic E-state index is 0.251. The van der Waals surface area contributed by atoms with Crippen molar-refractivity contribution in [1.29, 1.82) is 0 Å². The lowest BCUT2D eigenvalue weighted by atomic mass is 10.0. The van der Waals surface area contributed by atoms with Gasteiger partial charge < -0.3 is 10.4 Å². The minimum Gasteiger partial charge on any atom is -0.508 e. The van der Waals surface area contributed by atoms with Gasteiger partial charge in [0.15, 0.2) is 0 Å². The van der Waals surface area contributed by atoms with E-state index in [9.17, 15) is 5.11 Å². The Labute approximate surface area is 95.6 Å². The van der Waals surface area contributed by atoms with Gasteiger partial charge in [-0.3, -0.25) is 0 Å². The molecule has 2 nitrogen and oxygen atoms in total. The second kappa shape index (κ2) is 5.79. The third-order valence-electron chi connectivity index (χ3n) is 2.24. The SMILES string of the molecule is C=C(Cl)CNC(CC)c1ccc(O)cc1. The number of aromatic hydroxyl groups is 1. The molecule has 0 saturated carbocycles. The van der Waals surface area contributed by atoms with Gasteiger partial charge >= 0.3 is 0 Å². The molecule has 0 aliphatic carbocycles. The molecule has 3 heteroatoms. The number of phenolic OH excluding ortho intramolecular Hbond substituents is 1. The van der Waals surface area contributed by atoms with E-state index in [4.69, 9.17) is 11.6 Å². The van der Waals surface area contributed by atoms with Crippen LogP contribution >= 0.6 is 11.6 Å². The van der Waals surface area contributed by atoms with Crippen LogP contribution in [0.15, 0.2) is 35.9 Å². The first-order chi connectivity index (χ1) is 7.13. The zero-order valence-electron chi connectivity index (χ0n) is 8.83. The largest absolute Gasteiger partial charge is 0.508 e. The highest BCUT2D eigenvalue weighted by molar-refractivity contribution is 6.29. The van der Waals surface area contributed by atoms with Crippen molar-refractivity contribution in [2.45, 2.75) is 19.4 Å². The molecule has 0 radical (unpaired) electrons. The van der Waals surface area contributed by atoms with E-state index in [1.165, 1.54) is 0 Å². The summed E-state index contributed by atoms with van der Waals surface area (Å²) in [4.78, 5) is 0. The Kier molecular flexibility index (Phi) is 4.66. The van der Waals surface area contributed by atoms with E-state index < -0.39 is 0 Å². The number of phenols is 1. The lowest BCUT2D eigenvalue weighted by molar-refractivity contribution is 0.474. The predicted octanol–water partition coefficient (Wildman–Crippen LogP) is 3.19. The van der Waals surface area contributed by atoms with E-state index in [2.05, 4.69) is 18.8 Å². The van der Waals surface area contributed by atoms with Gasteiger partial charge in [0.1, 0.15) is 5.75 Å². The molecular formula is C12H16ClNO. The Balaban J connectivity index is 2.65. The van der Waals surface area contributed by atoms with Gasteiger partial charge in [0.2, 0.25) is 0 Å². The third kappa shape index (κ3) is 3.94. The first-order valence-corrected chi connectivity index (χ1v) is 5.37. The van der Waals surface area contributed by atoms with Crippen LogP contribution in [0.3, 0.4) is 0 Å². The van der Waals surface area contributed by atoms with Gasteiger partial charge in [0, 0.05) is 17.6 Å². The Morgan fingerprint density at radius 2 is 2.07 bits per heavy atom. The average molecular weight is 226 g/mol. The number of rotatable bonds is 5. The van der Waals surface area contributed by atoms with Crippen LogP contribution in [-0.4, -0.2) is 11.7 Å². The molecule has 1 rings (SSSR count). The lowest BCUT2D eigenvalue weighted by Gasteiger charge is -2.17. The first-order valence-electron chi connectivity index (χ1n) is 4.99.